The molecule has 0 spiro atoms. The van der Waals surface area contributed by atoms with Crippen LogP contribution in [0.2, 0.25) is 0 Å². The van der Waals surface area contributed by atoms with Crippen LogP contribution in [0.15, 0.2) is 24.4 Å². The lowest BCUT2D eigenvalue weighted by molar-refractivity contribution is 0.153. The molecular weight excluding hydrogens is 260 g/mol. The molecule has 1 fully saturated rings. The van der Waals surface area contributed by atoms with Crippen molar-refractivity contribution < 1.29 is 0 Å². The second-order valence-electron chi connectivity index (χ2n) is 5.93. The van der Waals surface area contributed by atoms with Gasteiger partial charge >= 0.3 is 0 Å². The van der Waals surface area contributed by atoms with Crippen molar-refractivity contribution in [3.8, 4) is 6.07 Å². The number of benzene rings is 1. The summed E-state index contributed by atoms with van der Waals surface area (Å²) in [7, 11) is 2.19. The Morgan fingerprint density at radius 3 is 2.81 bits per heavy atom. The second-order valence-corrected chi connectivity index (χ2v) is 5.93. The molecule has 0 bridgehead atoms. The molecule has 1 aromatic carbocycles. The third-order valence-electron chi connectivity index (χ3n) is 4.41. The van der Waals surface area contributed by atoms with Crippen molar-refractivity contribution in [3.05, 3.63) is 35.5 Å². The number of aromatic amines is 1. The third kappa shape index (κ3) is 3.26. The molecule has 21 heavy (non-hydrogen) atoms. The summed E-state index contributed by atoms with van der Waals surface area (Å²) in [5, 5.41) is 10.2. The maximum atomic E-state index is 9.02. The first-order valence-corrected chi connectivity index (χ1v) is 7.67. The van der Waals surface area contributed by atoms with Crippen molar-refractivity contribution in [2.24, 2.45) is 0 Å². The molecule has 0 radical (unpaired) electrons. The SMILES string of the molecule is CN1CCN(CCCc2c[nH]c3ccc(C#N)cc23)CC1. The van der Waals surface area contributed by atoms with Crippen LogP contribution in [-0.4, -0.2) is 54.6 Å². The maximum absolute atomic E-state index is 9.02. The Morgan fingerprint density at radius 1 is 1.24 bits per heavy atom. The molecule has 2 heterocycles. The van der Waals surface area contributed by atoms with E-state index in [0.717, 1.165) is 17.5 Å². The first-order chi connectivity index (χ1) is 10.3. The van der Waals surface area contributed by atoms with E-state index >= 15 is 0 Å². The van der Waals surface area contributed by atoms with E-state index in [2.05, 4.69) is 34.1 Å². The van der Waals surface area contributed by atoms with Crippen LogP contribution in [0.3, 0.4) is 0 Å². The first-order valence-electron chi connectivity index (χ1n) is 7.67. The number of fused-ring (bicyclic) bond motifs is 1. The zero-order valence-electron chi connectivity index (χ0n) is 12.6. The summed E-state index contributed by atoms with van der Waals surface area (Å²) in [6.07, 6.45) is 4.34. The summed E-state index contributed by atoms with van der Waals surface area (Å²) < 4.78 is 0. The van der Waals surface area contributed by atoms with Crippen molar-refractivity contribution >= 4 is 10.9 Å². The van der Waals surface area contributed by atoms with E-state index in [1.54, 1.807) is 0 Å². The number of H-pyrrole nitrogens is 1. The monoisotopic (exact) mass is 282 g/mol. The Bertz CT molecular complexity index is 644. The van der Waals surface area contributed by atoms with Crippen LogP contribution >= 0.6 is 0 Å². The normalized spacial score (nSPS) is 17.1. The van der Waals surface area contributed by atoms with Gasteiger partial charge in [-0.2, -0.15) is 5.26 Å². The van der Waals surface area contributed by atoms with Crippen molar-refractivity contribution in [2.45, 2.75) is 12.8 Å². The van der Waals surface area contributed by atoms with Gasteiger partial charge in [0.25, 0.3) is 0 Å². The van der Waals surface area contributed by atoms with Crippen molar-refractivity contribution in [1.82, 2.24) is 14.8 Å². The molecule has 0 unspecified atom stereocenters. The summed E-state index contributed by atoms with van der Waals surface area (Å²) >= 11 is 0. The number of aromatic nitrogens is 1. The standard InChI is InChI=1S/C17H22N4/c1-20-7-9-21(10-8-20)6-2-3-15-13-19-17-5-4-14(12-18)11-16(15)17/h4-5,11,13,19H,2-3,6-10H2,1H3. The van der Waals surface area contributed by atoms with Gasteiger partial charge in [0, 0.05) is 43.3 Å². The smallest absolute Gasteiger partial charge is 0.0991 e. The number of nitrogens with zero attached hydrogens (tertiary/aromatic N) is 3. The maximum Gasteiger partial charge on any atom is 0.0991 e. The van der Waals surface area contributed by atoms with E-state index in [-0.39, 0.29) is 0 Å². The Balaban J connectivity index is 1.59. The highest BCUT2D eigenvalue weighted by atomic mass is 15.2. The fourth-order valence-corrected chi connectivity index (χ4v) is 3.02. The van der Waals surface area contributed by atoms with Gasteiger partial charge in [-0.1, -0.05) is 0 Å². The Hall–Kier alpha value is -1.83. The molecule has 0 saturated carbocycles. The van der Waals surface area contributed by atoms with E-state index in [9.17, 15) is 0 Å². The molecule has 2 aromatic rings. The van der Waals surface area contributed by atoms with Crippen LogP contribution in [0, 0.1) is 11.3 Å². The van der Waals surface area contributed by atoms with Crippen LogP contribution in [0.25, 0.3) is 10.9 Å². The predicted octanol–water partition coefficient (Wildman–Crippen LogP) is 2.22. The van der Waals surface area contributed by atoms with Crippen LogP contribution in [0.5, 0.6) is 0 Å². The fraction of sp³-hybridized carbons (Fsp3) is 0.471. The quantitative estimate of drug-likeness (QED) is 0.935. The van der Waals surface area contributed by atoms with E-state index in [1.807, 2.05) is 18.2 Å². The molecule has 4 heteroatoms. The average Bonchev–Trinajstić information content (AvgIpc) is 2.91. The highest BCUT2D eigenvalue weighted by molar-refractivity contribution is 5.84. The number of piperazine rings is 1. The third-order valence-corrected chi connectivity index (χ3v) is 4.41. The molecule has 1 aliphatic heterocycles. The Kier molecular flexibility index (Phi) is 4.23. The first kappa shape index (κ1) is 14.1. The van der Waals surface area contributed by atoms with E-state index in [4.69, 9.17) is 5.26 Å². The van der Waals surface area contributed by atoms with Gasteiger partial charge in [0.05, 0.1) is 11.6 Å². The minimum atomic E-state index is 0.738. The largest absolute Gasteiger partial charge is 0.361 e. The number of hydrogen-bond donors (Lipinski definition) is 1. The molecule has 0 atom stereocenters. The van der Waals surface area contributed by atoms with Crippen LogP contribution < -0.4 is 0 Å². The lowest BCUT2D eigenvalue weighted by Gasteiger charge is -2.32. The molecule has 1 N–H and O–H groups in total. The van der Waals surface area contributed by atoms with Gasteiger partial charge in [-0.15, -0.1) is 0 Å². The molecule has 110 valence electrons. The molecule has 1 saturated heterocycles. The molecule has 0 aliphatic carbocycles. The molecule has 4 nitrogen and oxygen atoms in total. The number of rotatable bonds is 4. The zero-order valence-corrected chi connectivity index (χ0v) is 12.6. The molecule has 0 amide bonds. The number of likely N-dealkylation sites (N-methyl/N-ethyl adjacent to an activating group) is 1. The topological polar surface area (TPSA) is 46.1 Å². The predicted molar refractivity (Wildman–Crippen MR) is 85.3 cm³/mol. The Morgan fingerprint density at radius 2 is 2.05 bits per heavy atom. The number of nitriles is 1. The van der Waals surface area contributed by atoms with Gasteiger partial charge in [-0.25, -0.2) is 0 Å². The molecule has 1 aromatic heterocycles. The van der Waals surface area contributed by atoms with E-state index in [1.165, 1.54) is 50.1 Å². The minimum absolute atomic E-state index is 0.738. The summed E-state index contributed by atoms with van der Waals surface area (Å²) in [6, 6.07) is 8.08. The number of nitrogens with one attached hydrogen (secondary N) is 1. The average molecular weight is 282 g/mol. The van der Waals surface area contributed by atoms with Crippen molar-refractivity contribution in [3.63, 3.8) is 0 Å². The highest BCUT2D eigenvalue weighted by Gasteiger charge is 2.13. The molecular formula is C17H22N4. The van der Waals surface area contributed by atoms with Gasteiger partial charge in [-0.3, -0.25) is 0 Å². The van der Waals surface area contributed by atoms with Crippen LogP contribution in [0.4, 0.5) is 0 Å². The van der Waals surface area contributed by atoms with Crippen LogP contribution in [0.1, 0.15) is 17.5 Å². The van der Waals surface area contributed by atoms with Crippen molar-refractivity contribution in [2.75, 3.05) is 39.8 Å². The summed E-state index contributed by atoms with van der Waals surface area (Å²) in [4.78, 5) is 8.24. The summed E-state index contributed by atoms with van der Waals surface area (Å²) in [5.41, 5.74) is 3.20. The summed E-state index contributed by atoms with van der Waals surface area (Å²) in [5.74, 6) is 0. The van der Waals surface area contributed by atoms with E-state index in [0.29, 0.717) is 0 Å². The van der Waals surface area contributed by atoms with Gasteiger partial charge in [0.1, 0.15) is 0 Å². The minimum Gasteiger partial charge on any atom is -0.361 e. The van der Waals surface area contributed by atoms with Gasteiger partial charge in [0.2, 0.25) is 0 Å². The lowest BCUT2D eigenvalue weighted by atomic mass is 10.1. The zero-order chi connectivity index (χ0) is 14.7. The number of hydrogen-bond acceptors (Lipinski definition) is 3. The lowest BCUT2D eigenvalue weighted by Crippen LogP contribution is -2.44. The van der Waals surface area contributed by atoms with Crippen LogP contribution in [-0.2, 0) is 6.42 Å². The summed E-state index contributed by atoms with van der Waals surface area (Å²) in [6.45, 7) is 5.89. The van der Waals surface area contributed by atoms with Crippen molar-refractivity contribution in [1.29, 1.82) is 5.26 Å². The molecule has 3 rings (SSSR count). The van der Waals surface area contributed by atoms with Gasteiger partial charge < -0.3 is 14.8 Å². The van der Waals surface area contributed by atoms with E-state index < -0.39 is 0 Å². The highest BCUT2D eigenvalue weighted by Crippen LogP contribution is 2.21. The molecule has 1 aliphatic rings. The van der Waals surface area contributed by atoms with Gasteiger partial charge in [0.15, 0.2) is 0 Å². The van der Waals surface area contributed by atoms with Gasteiger partial charge in [-0.05, 0) is 50.2 Å². The second kappa shape index (κ2) is 6.30. The number of aryl methyl sites for hydroxylation is 1. The fourth-order valence-electron chi connectivity index (χ4n) is 3.02. The Labute approximate surface area is 126 Å².